The molecule has 242 valence electrons. The Bertz CT molecular complexity index is 1850. The fourth-order valence-electron chi connectivity index (χ4n) is 8.60. The van der Waals surface area contributed by atoms with Crippen LogP contribution in [0.15, 0.2) is 30.5 Å². The zero-order valence-electron chi connectivity index (χ0n) is 25.5. The number of aliphatic hydroxyl groups excluding tert-OH is 2. The molecule has 3 N–H and O–H groups in total. The number of benzene rings is 2. The highest BCUT2D eigenvalue weighted by Gasteiger charge is 2.50. The van der Waals surface area contributed by atoms with E-state index in [4.69, 9.17) is 9.72 Å². The summed E-state index contributed by atoms with van der Waals surface area (Å²) in [6.45, 7) is 3.88. The summed E-state index contributed by atoms with van der Waals surface area (Å²) in [5.41, 5.74) is -0.0309. The van der Waals surface area contributed by atoms with Gasteiger partial charge in [0, 0.05) is 49.7 Å². The first-order chi connectivity index (χ1) is 22.2. The number of aryl methyl sites for hydroxylation is 1. The largest absolute Gasteiger partial charge is 0.508 e. The number of phenolic OH excluding ortho intramolecular Hbond substituents is 1. The number of fused-ring (bicyclic) bond motifs is 5. The minimum atomic E-state index is -0.945. The van der Waals surface area contributed by atoms with E-state index in [2.05, 4.69) is 14.9 Å². The van der Waals surface area contributed by atoms with Crippen molar-refractivity contribution >= 4 is 27.5 Å². The average molecular weight is 636 g/mol. The van der Waals surface area contributed by atoms with Gasteiger partial charge >= 0.3 is 6.01 Å². The minimum absolute atomic E-state index is 0.0643. The Hall–Kier alpha value is -3.74. The summed E-state index contributed by atoms with van der Waals surface area (Å²) in [5.74, 6) is -1.34. The fraction of sp³-hybridized carbons (Fsp3) is 0.500. The summed E-state index contributed by atoms with van der Waals surface area (Å²) in [6.07, 6.45) is 1.87. The van der Waals surface area contributed by atoms with Crippen LogP contribution in [0, 0.1) is 23.5 Å². The van der Waals surface area contributed by atoms with Crippen LogP contribution in [0.1, 0.15) is 38.2 Å². The summed E-state index contributed by atoms with van der Waals surface area (Å²) in [7, 11) is 0. The van der Waals surface area contributed by atoms with E-state index in [1.165, 1.54) is 24.4 Å². The normalized spacial score (nSPS) is 29.3. The van der Waals surface area contributed by atoms with Crippen molar-refractivity contribution in [2.24, 2.45) is 11.8 Å². The first-order valence-electron chi connectivity index (χ1n) is 16.1. The highest BCUT2D eigenvalue weighted by molar-refractivity contribution is 6.01. The topological polar surface area (TPSA) is 115 Å². The molecule has 3 aliphatic heterocycles. The SMILES string of the molecule is CCc1c(F)ccc2cc(O)cc(-c3ncc4c(N5C[C@H]6C[C@@H](C5)C(O)C6O)nc(OC[C@@]56CCCN5C[C@H](F)C6)nc4c3F)c12. The summed E-state index contributed by atoms with van der Waals surface area (Å²) in [4.78, 5) is 17.8. The third-order valence-corrected chi connectivity index (χ3v) is 10.8. The second kappa shape index (κ2) is 10.9. The van der Waals surface area contributed by atoms with Gasteiger partial charge in [0.25, 0.3) is 0 Å². The molecule has 1 saturated carbocycles. The van der Waals surface area contributed by atoms with E-state index in [9.17, 15) is 24.1 Å². The number of ether oxygens (including phenoxy) is 1. The van der Waals surface area contributed by atoms with Gasteiger partial charge in [0.2, 0.25) is 0 Å². The molecule has 8 rings (SSSR count). The molecule has 3 saturated heterocycles. The van der Waals surface area contributed by atoms with Gasteiger partial charge in [-0.05, 0) is 66.8 Å². The number of rotatable bonds is 6. The molecule has 12 heteroatoms. The number of halogens is 3. The molecule has 2 aromatic heterocycles. The Labute approximate surface area is 263 Å². The zero-order chi connectivity index (χ0) is 31.9. The number of hydrogen-bond acceptors (Lipinski definition) is 9. The van der Waals surface area contributed by atoms with Crippen LogP contribution in [0.3, 0.4) is 0 Å². The fourth-order valence-corrected chi connectivity index (χ4v) is 8.60. The lowest BCUT2D eigenvalue weighted by molar-refractivity contribution is 0.0130. The van der Waals surface area contributed by atoms with Gasteiger partial charge in [-0.1, -0.05) is 13.0 Å². The van der Waals surface area contributed by atoms with Crippen LogP contribution in [0.25, 0.3) is 32.9 Å². The van der Waals surface area contributed by atoms with Crippen LogP contribution in [-0.2, 0) is 6.42 Å². The van der Waals surface area contributed by atoms with Gasteiger partial charge in [-0.25, -0.2) is 13.2 Å². The van der Waals surface area contributed by atoms with Crippen LogP contribution >= 0.6 is 0 Å². The van der Waals surface area contributed by atoms with E-state index in [0.29, 0.717) is 66.4 Å². The lowest BCUT2D eigenvalue weighted by Crippen LogP contribution is -2.43. The van der Waals surface area contributed by atoms with Crippen LogP contribution in [0.4, 0.5) is 19.0 Å². The van der Waals surface area contributed by atoms with Gasteiger partial charge in [0.1, 0.15) is 41.4 Å². The first-order valence-corrected chi connectivity index (χ1v) is 16.1. The van der Waals surface area contributed by atoms with Crippen molar-refractivity contribution < 1.29 is 33.2 Å². The van der Waals surface area contributed by atoms with Gasteiger partial charge < -0.3 is 25.0 Å². The number of piperidine rings is 1. The number of phenols is 1. The van der Waals surface area contributed by atoms with Crippen molar-refractivity contribution in [2.75, 3.05) is 37.7 Å². The molecule has 4 aromatic rings. The Morgan fingerprint density at radius 2 is 1.85 bits per heavy atom. The molecular weight excluding hydrogens is 599 g/mol. The molecule has 9 nitrogen and oxygen atoms in total. The smallest absolute Gasteiger partial charge is 0.319 e. The van der Waals surface area contributed by atoms with Crippen LogP contribution in [0.2, 0.25) is 0 Å². The third-order valence-electron chi connectivity index (χ3n) is 10.8. The molecule has 0 amide bonds. The molecule has 46 heavy (non-hydrogen) atoms. The van der Waals surface area contributed by atoms with Crippen LogP contribution < -0.4 is 9.64 Å². The number of pyridine rings is 1. The molecule has 2 aromatic carbocycles. The molecule has 0 spiro atoms. The molecule has 2 bridgehead atoms. The summed E-state index contributed by atoms with van der Waals surface area (Å²) in [6, 6.07) is 5.69. The Morgan fingerprint density at radius 3 is 2.61 bits per heavy atom. The number of anilines is 1. The van der Waals surface area contributed by atoms with Crippen LogP contribution in [0.5, 0.6) is 11.8 Å². The zero-order valence-corrected chi connectivity index (χ0v) is 25.5. The number of hydrogen-bond donors (Lipinski definition) is 3. The monoisotopic (exact) mass is 635 g/mol. The van der Waals surface area contributed by atoms with Gasteiger partial charge in [-0.2, -0.15) is 9.97 Å². The number of aromatic hydroxyl groups is 1. The average Bonchev–Trinajstić information content (AvgIpc) is 3.64. The number of aliphatic hydroxyl groups is 2. The second-order valence-corrected chi connectivity index (χ2v) is 13.5. The van der Waals surface area contributed by atoms with Crippen molar-refractivity contribution in [2.45, 2.75) is 62.9 Å². The van der Waals surface area contributed by atoms with Gasteiger partial charge in [0.05, 0.1) is 23.1 Å². The highest BCUT2D eigenvalue weighted by Crippen LogP contribution is 2.44. The summed E-state index contributed by atoms with van der Waals surface area (Å²) >= 11 is 0. The van der Waals surface area contributed by atoms with Crippen molar-refractivity contribution in [1.82, 2.24) is 19.9 Å². The Balaban J connectivity index is 1.27. The molecular formula is C34H36F3N5O4. The van der Waals surface area contributed by atoms with Crippen molar-refractivity contribution in [3.8, 4) is 23.0 Å². The number of nitrogens with zero attached hydrogens (tertiary/aromatic N) is 5. The van der Waals surface area contributed by atoms with E-state index in [1.807, 2.05) is 11.8 Å². The van der Waals surface area contributed by atoms with E-state index in [-0.39, 0.29) is 47.0 Å². The van der Waals surface area contributed by atoms with E-state index in [1.54, 1.807) is 6.07 Å². The maximum atomic E-state index is 16.8. The molecule has 6 atom stereocenters. The highest BCUT2D eigenvalue weighted by atomic mass is 19.1. The predicted octanol–water partition coefficient (Wildman–Crippen LogP) is 4.52. The summed E-state index contributed by atoms with van der Waals surface area (Å²) < 4.78 is 52.5. The molecule has 2 unspecified atom stereocenters. The van der Waals surface area contributed by atoms with Crippen molar-refractivity contribution in [3.05, 3.63) is 47.7 Å². The number of aromatic nitrogens is 3. The first kappa shape index (κ1) is 29.6. The van der Waals surface area contributed by atoms with Gasteiger partial charge in [-0.15, -0.1) is 0 Å². The van der Waals surface area contributed by atoms with Crippen molar-refractivity contribution in [3.63, 3.8) is 0 Å². The third kappa shape index (κ3) is 4.59. The lowest BCUT2D eigenvalue weighted by atomic mass is 9.94. The molecule has 1 aliphatic carbocycles. The Kier molecular flexibility index (Phi) is 7.04. The molecule has 0 radical (unpaired) electrons. The van der Waals surface area contributed by atoms with Gasteiger partial charge in [0.15, 0.2) is 5.82 Å². The van der Waals surface area contributed by atoms with E-state index < -0.39 is 35.6 Å². The molecule has 4 fully saturated rings. The maximum Gasteiger partial charge on any atom is 0.319 e. The number of alkyl halides is 1. The maximum absolute atomic E-state index is 16.8. The van der Waals surface area contributed by atoms with E-state index in [0.717, 1.165) is 19.4 Å². The van der Waals surface area contributed by atoms with Gasteiger partial charge in [-0.3, -0.25) is 9.88 Å². The van der Waals surface area contributed by atoms with Crippen LogP contribution in [-0.4, -0.2) is 91.9 Å². The quantitative estimate of drug-likeness (QED) is 0.281. The van der Waals surface area contributed by atoms with Crippen molar-refractivity contribution in [1.29, 1.82) is 0 Å². The standard InChI is InChI=1S/C34H36F3N5O4/c1-2-22-25(36)5-4-17-9-21(43)10-23(26(17)22)28-27(37)29-24(12-38-28)32(41-13-18-8-19(14-41)31(45)30(18)44)40-33(39-29)46-16-34-6-3-7-42(34)15-20(35)11-34/h4-5,9-10,12,18-20,30-31,43-45H,2-3,6-8,11,13-16H2,1H3/t18-,19+,20-,30?,31?,34+/m1/s1. The second-order valence-electron chi connectivity index (χ2n) is 13.5. The summed E-state index contributed by atoms with van der Waals surface area (Å²) in [5, 5.41) is 33.1. The molecule has 4 aliphatic rings. The predicted molar refractivity (Wildman–Crippen MR) is 166 cm³/mol. The lowest BCUT2D eigenvalue weighted by Gasteiger charge is -2.34. The Morgan fingerprint density at radius 1 is 1.07 bits per heavy atom. The minimum Gasteiger partial charge on any atom is -0.508 e. The molecule has 5 heterocycles. The van der Waals surface area contributed by atoms with E-state index >= 15 is 4.39 Å².